The zero-order valence-corrected chi connectivity index (χ0v) is 17.1. The second kappa shape index (κ2) is 9.23. The number of benzene rings is 1. The molecule has 0 bridgehead atoms. The molecule has 29 heavy (non-hydrogen) atoms. The van der Waals surface area contributed by atoms with E-state index < -0.39 is 10.0 Å². The first-order valence-corrected chi connectivity index (χ1v) is 11.0. The molecule has 2 heterocycles. The number of carbonyl (C=O) groups excluding carboxylic acids is 2. The topological polar surface area (TPSA) is 109 Å². The van der Waals surface area contributed by atoms with Gasteiger partial charge in [0, 0.05) is 31.7 Å². The van der Waals surface area contributed by atoms with Crippen molar-refractivity contribution in [1.29, 1.82) is 0 Å². The number of piperidine rings is 1. The number of anilines is 1. The third-order valence-corrected chi connectivity index (χ3v) is 6.66. The Hall–Kier alpha value is -2.65. The van der Waals surface area contributed by atoms with E-state index >= 15 is 0 Å². The lowest BCUT2D eigenvalue weighted by molar-refractivity contribution is -0.116. The SMILES string of the molecule is C[C@H]1CCCN(S(=O)(=O)c2ccc(NC(=O)CCNC(=O)c3ccco3)cc2)C1. The summed E-state index contributed by atoms with van der Waals surface area (Å²) < 4.78 is 32.0. The Balaban J connectivity index is 1.50. The van der Waals surface area contributed by atoms with Crippen LogP contribution in [0.4, 0.5) is 5.69 Å². The van der Waals surface area contributed by atoms with Crippen molar-refractivity contribution in [3.05, 3.63) is 48.4 Å². The van der Waals surface area contributed by atoms with Crippen LogP contribution in [0.25, 0.3) is 0 Å². The highest BCUT2D eigenvalue weighted by Gasteiger charge is 2.28. The molecule has 1 atom stereocenters. The van der Waals surface area contributed by atoms with Crippen molar-refractivity contribution in [3.63, 3.8) is 0 Å². The Labute approximate surface area is 170 Å². The van der Waals surface area contributed by atoms with Crippen LogP contribution >= 0.6 is 0 Å². The number of hydrogen-bond acceptors (Lipinski definition) is 5. The van der Waals surface area contributed by atoms with E-state index in [0.29, 0.717) is 24.7 Å². The summed E-state index contributed by atoms with van der Waals surface area (Å²) >= 11 is 0. The number of amides is 2. The number of sulfonamides is 1. The first-order valence-electron chi connectivity index (χ1n) is 9.58. The molecule has 1 aliphatic rings. The smallest absolute Gasteiger partial charge is 0.286 e. The second-order valence-corrected chi connectivity index (χ2v) is 9.10. The molecule has 1 saturated heterocycles. The van der Waals surface area contributed by atoms with Crippen molar-refractivity contribution in [3.8, 4) is 0 Å². The Kier molecular flexibility index (Phi) is 6.71. The molecule has 1 fully saturated rings. The van der Waals surface area contributed by atoms with E-state index in [9.17, 15) is 18.0 Å². The maximum absolute atomic E-state index is 12.8. The molecule has 8 nitrogen and oxygen atoms in total. The van der Waals surface area contributed by atoms with Gasteiger partial charge in [-0.25, -0.2) is 8.42 Å². The van der Waals surface area contributed by atoms with Crippen molar-refractivity contribution in [2.24, 2.45) is 5.92 Å². The molecule has 1 aliphatic heterocycles. The lowest BCUT2D eigenvalue weighted by Crippen LogP contribution is -2.39. The minimum absolute atomic E-state index is 0.0815. The minimum Gasteiger partial charge on any atom is -0.459 e. The van der Waals surface area contributed by atoms with E-state index in [-0.39, 0.29) is 35.4 Å². The fourth-order valence-electron chi connectivity index (χ4n) is 3.23. The summed E-state index contributed by atoms with van der Waals surface area (Å²) in [5.41, 5.74) is 0.498. The number of rotatable bonds is 7. The van der Waals surface area contributed by atoms with Crippen LogP contribution in [0.15, 0.2) is 52.0 Å². The summed E-state index contributed by atoms with van der Waals surface area (Å²) in [6.07, 6.45) is 3.39. The van der Waals surface area contributed by atoms with Crippen LogP contribution in [-0.2, 0) is 14.8 Å². The molecular weight excluding hydrogens is 394 g/mol. The van der Waals surface area contributed by atoms with E-state index in [1.54, 1.807) is 18.2 Å². The lowest BCUT2D eigenvalue weighted by Gasteiger charge is -2.30. The monoisotopic (exact) mass is 419 g/mol. The predicted molar refractivity (Wildman–Crippen MR) is 108 cm³/mol. The molecule has 2 amide bonds. The highest BCUT2D eigenvalue weighted by Crippen LogP contribution is 2.24. The second-order valence-electron chi connectivity index (χ2n) is 7.17. The Morgan fingerprint density at radius 2 is 1.97 bits per heavy atom. The average molecular weight is 420 g/mol. The van der Waals surface area contributed by atoms with E-state index in [1.807, 2.05) is 0 Å². The van der Waals surface area contributed by atoms with Crippen LogP contribution < -0.4 is 10.6 Å². The normalized spacial score (nSPS) is 17.6. The molecule has 0 radical (unpaired) electrons. The van der Waals surface area contributed by atoms with Crippen molar-refractivity contribution in [2.45, 2.75) is 31.1 Å². The molecule has 0 unspecified atom stereocenters. The largest absolute Gasteiger partial charge is 0.459 e. The molecule has 0 spiro atoms. The van der Waals surface area contributed by atoms with Crippen LogP contribution in [0.1, 0.15) is 36.7 Å². The minimum atomic E-state index is -3.52. The van der Waals surface area contributed by atoms with Gasteiger partial charge in [-0.05, 0) is 55.2 Å². The van der Waals surface area contributed by atoms with Gasteiger partial charge in [-0.1, -0.05) is 6.92 Å². The maximum atomic E-state index is 12.8. The zero-order valence-electron chi connectivity index (χ0n) is 16.3. The van der Waals surface area contributed by atoms with Gasteiger partial charge in [0.25, 0.3) is 5.91 Å². The van der Waals surface area contributed by atoms with Crippen LogP contribution in [0, 0.1) is 5.92 Å². The van der Waals surface area contributed by atoms with E-state index in [4.69, 9.17) is 4.42 Å². The van der Waals surface area contributed by atoms with Gasteiger partial charge >= 0.3 is 0 Å². The fourth-order valence-corrected chi connectivity index (χ4v) is 4.83. The summed E-state index contributed by atoms with van der Waals surface area (Å²) in [5.74, 6) is -0.134. The summed E-state index contributed by atoms with van der Waals surface area (Å²) in [7, 11) is -3.52. The van der Waals surface area contributed by atoms with Gasteiger partial charge < -0.3 is 15.1 Å². The Morgan fingerprint density at radius 1 is 1.21 bits per heavy atom. The van der Waals surface area contributed by atoms with Gasteiger partial charge in [0.15, 0.2) is 5.76 Å². The van der Waals surface area contributed by atoms with Crippen molar-refractivity contribution < 1.29 is 22.4 Å². The Morgan fingerprint density at radius 3 is 2.62 bits per heavy atom. The highest BCUT2D eigenvalue weighted by molar-refractivity contribution is 7.89. The first kappa shape index (κ1) is 21.1. The van der Waals surface area contributed by atoms with Crippen LogP contribution in [0.2, 0.25) is 0 Å². The zero-order chi connectivity index (χ0) is 20.9. The lowest BCUT2D eigenvalue weighted by atomic mass is 10.0. The van der Waals surface area contributed by atoms with Crippen molar-refractivity contribution >= 4 is 27.5 Å². The van der Waals surface area contributed by atoms with Gasteiger partial charge in [0.1, 0.15) is 0 Å². The highest BCUT2D eigenvalue weighted by atomic mass is 32.2. The van der Waals surface area contributed by atoms with Gasteiger partial charge in [-0.2, -0.15) is 4.31 Å². The quantitative estimate of drug-likeness (QED) is 0.717. The van der Waals surface area contributed by atoms with E-state index in [0.717, 1.165) is 12.8 Å². The molecule has 3 rings (SSSR count). The number of nitrogens with zero attached hydrogens (tertiary/aromatic N) is 1. The van der Waals surface area contributed by atoms with E-state index in [2.05, 4.69) is 17.6 Å². The van der Waals surface area contributed by atoms with Gasteiger partial charge in [0.2, 0.25) is 15.9 Å². The molecule has 0 saturated carbocycles. The van der Waals surface area contributed by atoms with Gasteiger partial charge in [-0.15, -0.1) is 0 Å². The number of carbonyl (C=O) groups is 2. The summed E-state index contributed by atoms with van der Waals surface area (Å²) in [5, 5.41) is 5.29. The molecule has 1 aromatic carbocycles. The number of hydrogen-bond donors (Lipinski definition) is 2. The summed E-state index contributed by atoms with van der Waals surface area (Å²) in [6, 6.07) is 9.29. The number of nitrogens with one attached hydrogen (secondary N) is 2. The fraction of sp³-hybridized carbons (Fsp3) is 0.400. The van der Waals surface area contributed by atoms with Crippen molar-refractivity contribution in [2.75, 3.05) is 25.0 Å². The first-order chi connectivity index (χ1) is 13.9. The molecule has 9 heteroatoms. The predicted octanol–water partition coefficient (Wildman–Crippen LogP) is 2.46. The molecule has 0 aliphatic carbocycles. The molecule has 2 N–H and O–H groups in total. The Bertz CT molecular complexity index is 939. The molecule has 1 aromatic heterocycles. The van der Waals surface area contributed by atoms with Crippen molar-refractivity contribution in [1.82, 2.24) is 9.62 Å². The standard InChI is InChI=1S/C20H25N3O5S/c1-15-4-2-12-23(14-15)29(26,27)17-8-6-16(7-9-17)22-19(24)10-11-21-20(25)18-5-3-13-28-18/h3,5-9,13,15H,2,4,10-12,14H2,1H3,(H,21,25)(H,22,24)/t15-/m0/s1. The summed E-state index contributed by atoms with van der Waals surface area (Å²) in [6.45, 7) is 3.28. The molecule has 156 valence electrons. The van der Waals surface area contributed by atoms with Gasteiger partial charge in [0.05, 0.1) is 11.2 Å². The van der Waals surface area contributed by atoms with Crippen LogP contribution in [0.3, 0.4) is 0 Å². The summed E-state index contributed by atoms with van der Waals surface area (Å²) in [4.78, 5) is 24.0. The maximum Gasteiger partial charge on any atom is 0.286 e. The average Bonchev–Trinajstić information content (AvgIpc) is 3.23. The van der Waals surface area contributed by atoms with Crippen LogP contribution in [0.5, 0.6) is 0 Å². The third-order valence-electron chi connectivity index (χ3n) is 4.78. The molecule has 2 aromatic rings. The third kappa shape index (κ3) is 5.45. The van der Waals surface area contributed by atoms with E-state index in [1.165, 1.54) is 28.8 Å². The molecular formula is C20H25N3O5S. The van der Waals surface area contributed by atoms with Crippen LogP contribution in [-0.4, -0.2) is 44.2 Å². The van der Waals surface area contributed by atoms with Gasteiger partial charge in [-0.3, -0.25) is 9.59 Å². The number of furan rings is 1.